The molecule has 1 N–H and O–H groups in total. The maximum Gasteiger partial charge on any atom is 0.226 e. The normalized spacial score (nSPS) is 20.9. The van der Waals surface area contributed by atoms with Crippen LogP contribution in [0.2, 0.25) is 0 Å². The third-order valence-corrected chi connectivity index (χ3v) is 7.99. The molecule has 0 unspecified atom stereocenters. The molecule has 156 valence electrons. The number of piperidine rings is 1. The maximum atomic E-state index is 13.3. The van der Waals surface area contributed by atoms with Crippen molar-refractivity contribution in [3.8, 4) is 0 Å². The number of nitrogens with zero attached hydrogens (tertiary/aromatic N) is 2. The quantitative estimate of drug-likeness (QED) is 0.751. The van der Waals surface area contributed by atoms with E-state index in [4.69, 9.17) is 0 Å². The van der Waals surface area contributed by atoms with E-state index >= 15 is 0 Å². The fraction of sp³-hybridized carbons (Fsp3) is 0.667. The average molecular weight is 409 g/mol. The summed E-state index contributed by atoms with van der Waals surface area (Å²) in [7, 11) is -3.20. The minimum atomic E-state index is -3.20. The predicted molar refractivity (Wildman–Crippen MR) is 109 cm³/mol. The standard InChI is InChI=1S/C21H32N2O4S/c1-2-28(26,27)23-14-10-19(11-15-23)20(24)22(16-18-8-4-3-5-9-18)17-21(25)12-6-7-13-21/h3-5,8-9,19,25H,2,6-7,10-17H2,1H3. The highest BCUT2D eigenvalue weighted by Crippen LogP contribution is 2.32. The molecule has 28 heavy (non-hydrogen) atoms. The van der Waals surface area contributed by atoms with Gasteiger partial charge in [-0.05, 0) is 38.2 Å². The Balaban J connectivity index is 1.69. The number of hydrogen-bond acceptors (Lipinski definition) is 4. The lowest BCUT2D eigenvalue weighted by Crippen LogP contribution is -2.48. The fourth-order valence-corrected chi connectivity index (χ4v) is 5.52. The summed E-state index contributed by atoms with van der Waals surface area (Å²) in [6.07, 6.45) is 4.55. The molecular weight excluding hydrogens is 376 g/mol. The molecule has 0 atom stereocenters. The lowest BCUT2D eigenvalue weighted by Gasteiger charge is -2.36. The van der Waals surface area contributed by atoms with Gasteiger partial charge in [-0.2, -0.15) is 0 Å². The van der Waals surface area contributed by atoms with Crippen LogP contribution < -0.4 is 0 Å². The molecule has 1 heterocycles. The highest BCUT2D eigenvalue weighted by molar-refractivity contribution is 7.89. The highest BCUT2D eigenvalue weighted by atomic mass is 32.2. The number of aliphatic hydroxyl groups is 1. The molecule has 6 nitrogen and oxygen atoms in total. The Hall–Kier alpha value is -1.44. The van der Waals surface area contributed by atoms with Crippen molar-refractivity contribution in [3.05, 3.63) is 35.9 Å². The zero-order chi connectivity index (χ0) is 20.2. The van der Waals surface area contributed by atoms with Gasteiger partial charge in [0.15, 0.2) is 0 Å². The van der Waals surface area contributed by atoms with Crippen molar-refractivity contribution in [2.24, 2.45) is 5.92 Å². The summed E-state index contributed by atoms with van der Waals surface area (Å²) in [5.74, 6) is -0.0477. The van der Waals surface area contributed by atoms with Crippen molar-refractivity contribution in [2.45, 2.75) is 57.6 Å². The van der Waals surface area contributed by atoms with E-state index in [0.29, 0.717) is 39.0 Å². The van der Waals surface area contributed by atoms with Gasteiger partial charge in [-0.1, -0.05) is 43.2 Å². The molecule has 1 amide bonds. The Kier molecular flexibility index (Phi) is 6.78. The van der Waals surface area contributed by atoms with Crippen LogP contribution in [-0.2, 0) is 21.4 Å². The van der Waals surface area contributed by atoms with Gasteiger partial charge in [0.2, 0.25) is 15.9 Å². The monoisotopic (exact) mass is 408 g/mol. The maximum absolute atomic E-state index is 13.3. The third-order valence-electron chi connectivity index (χ3n) is 6.11. The van der Waals surface area contributed by atoms with Crippen molar-refractivity contribution < 1.29 is 18.3 Å². The molecule has 0 bridgehead atoms. The van der Waals surface area contributed by atoms with Crippen LogP contribution in [-0.4, -0.2) is 59.6 Å². The number of carbonyl (C=O) groups is 1. The van der Waals surface area contributed by atoms with E-state index in [1.54, 1.807) is 11.8 Å². The molecule has 1 saturated heterocycles. The van der Waals surface area contributed by atoms with Crippen LogP contribution in [0.3, 0.4) is 0 Å². The second-order valence-corrected chi connectivity index (χ2v) is 10.4. The molecule has 0 radical (unpaired) electrons. The Bertz CT molecular complexity index is 752. The van der Waals surface area contributed by atoms with Crippen LogP contribution >= 0.6 is 0 Å². The second-order valence-electron chi connectivity index (χ2n) is 8.19. The summed E-state index contributed by atoms with van der Waals surface area (Å²) >= 11 is 0. The molecule has 1 aliphatic heterocycles. The van der Waals surface area contributed by atoms with Crippen molar-refractivity contribution in [1.29, 1.82) is 0 Å². The summed E-state index contributed by atoms with van der Waals surface area (Å²) in [6.45, 7) is 3.28. The van der Waals surface area contributed by atoms with Gasteiger partial charge in [0.1, 0.15) is 0 Å². The summed E-state index contributed by atoms with van der Waals surface area (Å²) in [5, 5.41) is 10.9. The largest absolute Gasteiger partial charge is 0.388 e. The zero-order valence-electron chi connectivity index (χ0n) is 16.7. The van der Waals surface area contributed by atoms with Crippen molar-refractivity contribution in [1.82, 2.24) is 9.21 Å². The SMILES string of the molecule is CCS(=O)(=O)N1CCC(C(=O)N(Cc2ccccc2)CC2(O)CCCC2)CC1. The molecule has 0 spiro atoms. The molecule has 1 aliphatic carbocycles. The molecule has 1 aromatic rings. The smallest absolute Gasteiger partial charge is 0.226 e. The van der Waals surface area contributed by atoms with Gasteiger partial charge in [0.05, 0.1) is 11.4 Å². The number of benzene rings is 1. The van der Waals surface area contributed by atoms with E-state index in [1.165, 1.54) is 4.31 Å². The molecule has 1 saturated carbocycles. The van der Waals surface area contributed by atoms with Crippen LogP contribution in [0.15, 0.2) is 30.3 Å². The molecule has 0 aromatic heterocycles. The summed E-state index contributed by atoms with van der Waals surface area (Å²) in [5.41, 5.74) is 0.250. The van der Waals surface area contributed by atoms with Crippen molar-refractivity contribution >= 4 is 15.9 Å². The van der Waals surface area contributed by atoms with Crippen LogP contribution in [0, 0.1) is 5.92 Å². The lowest BCUT2D eigenvalue weighted by atomic mass is 9.94. The van der Waals surface area contributed by atoms with Gasteiger partial charge in [-0.15, -0.1) is 0 Å². The molecule has 2 fully saturated rings. The van der Waals surface area contributed by atoms with Gasteiger partial charge < -0.3 is 10.0 Å². The average Bonchev–Trinajstić information content (AvgIpc) is 3.14. The van der Waals surface area contributed by atoms with Gasteiger partial charge >= 0.3 is 0 Å². The van der Waals surface area contributed by atoms with E-state index in [9.17, 15) is 18.3 Å². The number of hydrogen-bond donors (Lipinski definition) is 1. The summed E-state index contributed by atoms with van der Waals surface area (Å²) in [4.78, 5) is 15.1. The van der Waals surface area contributed by atoms with Crippen LogP contribution in [0.4, 0.5) is 0 Å². The Labute approximate surface area is 168 Å². The van der Waals surface area contributed by atoms with Gasteiger partial charge in [-0.25, -0.2) is 12.7 Å². The van der Waals surface area contributed by atoms with E-state index in [0.717, 1.165) is 31.2 Å². The van der Waals surface area contributed by atoms with E-state index < -0.39 is 15.6 Å². The molecular formula is C21H32N2O4S. The zero-order valence-corrected chi connectivity index (χ0v) is 17.5. The molecule has 2 aliphatic rings. The molecule has 1 aromatic carbocycles. The number of carbonyl (C=O) groups excluding carboxylic acids is 1. The summed E-state index contributed by atoms with van der Waals surface area (Å²) in [6, 6.07) is 9.85. The van der Waals surface area contributed by atoms with E-state index in [1.807, 2.05) is 30.3 Å². The van der Waals surface area contributed by atoms with Crippen molar-refractivity contribution in [2.75, 3.05) is 25.4 Å². The van der Waals surface area contributed by atoms with Gasteiger partial charge in [0, 0.05) is 32.1 Å². The minimum Gasteiger partial charge on any atom is -0.388 e. The first-order valence-electron chi connectivity index (χ1n) is 10.4. The van der Waals surface area contributed by atoms with Crippen molar-refractivity contribution in [3.63, 3.8) is 0 Å². The van der Waals surface area contributed by atoms with E-state index in [2.05, 4.69) is 0 Å². The number of sulfonamides is 1. The first-order valence-corrected chi connectivity index (χ1v) is 12.0. The molecule has 7 heteroatoms. The van der Waals surface area contributed by atoms with Crippen LogP contribution in [0.25, 0.3) is 0 Å². The number of amides is 1. The number of rotatable bonds is 7. The third kappa shape index (κ3) is 5.13. The summed E-state index contributed by atoms with van der Waals surface area (Å²) < 4.78 is 25.7. The topological polar surface area (TPSA) is 77.9 Å². The van der Waals surface area contributed by atoms with E-state index in [-0.39, 0.29) is 17.6 Å². The van der Waals surface area contributed by atoms with Gasteiger partial charge in [0.25, 0.3) is 0 Å². The Morgan fingerprint density at radius 2 is 1.79 bits per heavy atom. The Morgan fingerprint density at radius 1 is 1.18 bits per heavy atom. The lowest BCUT2D eigenvalue weighted by molar-refractivity contribution is -0.141. The molecule has 3 rings (SSSR count). The first kappa shape index (κ1) is 21.3. The minimum absolute atomic E-state index is 0.0396. The van der Waals surface area contributed by atoms with Crippen LogP contribution in [0.5, 0.6) is 0 Å². The fourth-order valence-electron chi connectivity index (χ4n) is 4.38. The predicted octanol–water partition coefficient (Wildman–Crippen LogP) is 2.38. The van der Waals surface area contributed by atoms with Crippen LogP contribution in [0.1, 0.15) is 51.0 Å². The van der Waals surface area contributed by atoms with Gasteiger partial charge in [-0.3, -0.25) is 4.79 Å². The highest BCUT2D eigenvalue weighted by Gasteiger charge is 2.37. The first-order chi connectivity index (χ1) is 13.3. The Morgan fingerprint density at radius 3 is 2.36 bits per heavy atom. The second kappa shape index (κ2) is 8.93.